The van der Waals surface area contributed by atoms with Gasteiger partial charge in [0.1, 0.15) is 5.41 Å². The Balaban J connectivity index is 2.34. The molecule has 2 aliphatic rings. The monoisotopic (exact) mass is 330 g/mol. The fraction of sp³-hybridized carbons (Fsp3) is 0.550. The first-order chi connectivity index (χ1) is 11.1. The van der Waals surface area contributed by atoms with Gasteiger partial charge in [-0.05, 0) is 35.8 Å². The molecular formula is C20H26O4. The topological polar surface area (TPSA) is 77.8 Å². The Morgan fingerprint density at radius 1 is 1.21 bits per heavy atom. The van der Waals surface area contributed by atoms with Crippen LogP contribution in [0.15, 0.2) is 12.1 Å². The minimum atomic E-state index is -1.18. The van der Waals surface area contributed by atoms with Crippen LogP contribution in [-0.4, -0.2) is 21.3 Å². The Morgan fingerprint density at radius 2 is 1.88 bits per heavy atom. The minimum Gasteiger partial charge on any atom is -0.504 e. The summed E-state index contributed by atoms with van der Waals surface area (Å²) in [6, 6.07) is 1.83. The molecule has 1 aromatic rings. The molecule has 0 aromatic heterocycles. The van der Waals surface area contributed by atoms with Crippen molar-refractivity contribution < 1.29 is 20.1 Å². The zero-order valence-electron chi connectivity index (χ0n) is 14.8. The molecule has 0 heterocycles. The third-order valence-corrected chi connectivity index (χ3v) is 6.02. The maximum atomic E-state index is 12.4. The normalized spacial score (nSPS) is 27.6. The van der Waals surface area contributed by atoms with Crippen molar-refractivity contribution in [3.05, 3.63) is 28.8 Å². The molecule has 4 nitrogen and oxygen atoms in total. The molecule has 4 heteroatoms. The highest BCUT2D eigenvalue weighted by molar-refractivity contribution is 5.88. The summed E-state index contributed by atoms with van der Waals surface area (Å²) in [5.74, 6) is -1.53. The molecule has 0 spiro atoms. The van der Waals surface area contributed by atoms with Crippen LogP contribution in [0.5, 0.6) is 11.5 Å². The maximum absolute atomic E-state index is 12.4. The van der Waals surface area contributed by atoms with Crippen LogP contribution in [0.3, 0.4) is 0 Å². The lowest BCUT2D eigenvalue weighted by Gasteiger charge is -2.51. The number of carbonyl (C=O) groups is 1. The molecule has 2 atom stereocenters. The van der Waals surface area contributed by atoms with Crippen LogP contribution < -0.4 is 0 Å². The van der Waals surface area contributed by atoms with E-state index < -0.39 is 11.4 Å². The van der Waals surface area contributed by atoms with E-state index in [-0.39, 0.29) is 28.7 Å². The van der Waals surface area contributed by atoms with Gasteiger partial charge in [-0.1, -0.05) is 46.3 Å². The number of aliphatic carboxylic acids is 1. The van der Waals surface area contributed by atoms with Gasteiger partial charge in [-0.2, -0.15) is 0 Å². The molecule has 1 fully saturated rings. The Hall–Kier alpha value is -1.97. The third kappa shape index (κ3) is 2.08. The molecule has 24 heavy (non-hydrogen) atoms. The molecule has 0 bridgehead atoms. The first-order valence-corrected chi connectivity index (χ1v) is 8.64. The van der Waals surface area contributed by atoms with Crippen LogP contribution in [0.4, 0.5) is 0 Å². The average molecular weight is 330 g/mol. The number of fused-ring (bicyclic) bond motifs is 3. The third-order valence-electron chi connectivity index (χ3n) is 6.02. The molecule has 0 radical (unpaired) electrons. The van der Waals surface area contributed by atoms with Gasteiger partial charge in [0, 0.05) is 17.0 Å². The van der Waals surface area contributed by atoms with Crippen molar-refractivity contribution in [1.29, 1.82) is 0 Å². The van der Waals surface area contributed by atoms with E-state index in [1.807, 2.05) is 32.1 Å². The molecule has 2 aliphatic carbocycles. The second-order valence-corrected chi connectivity index (χ2v) is 8.24. The summed E-state index contributed by atoms with van der Waals surface area (Å²) in [4.78, 5) is 12.4. The van der Waals surface area contributed by atoms with E-state index in [4.69, 9.17) is 0 Å². The van der Waals surface area contributed by atoms with E-state index in [0.29, 0.717) is 23.1 Å². The standard InChI is InChI=1S/C20H26O4/c1-11(2)13-10-12-6-7-14-19(3,4)8-5-9-20(14,18(23)24)15(12)17(22)16(13)21/h6-7,10-11,14,21-22H,5,8-9H2,1-4H3,(H,23,24)/t14-,20+/m0/s1. The lowest BCUT2D eigenvalue weighted by Crippen LogP contribution is -2.52. The second-order valence-electron chi connectivity index (χ2n) is 8.24. The number of carboxylic acids is 1. The van der Waals surface area contributed by atoms with E-state index in [2.05, 4.69) is 13.8 Å². The molecule has 0 saturated heterocycles. The van der Waals surface area contributed by atoms with Gasteiger partial charge in [-0.25, -0.2) is 0 Å². The largest absolute Gasteiger partial charge is 0.504 e. The average Bonchev–Trinajstić information content (AvgIpc) is 2.49. The van der Waals surface area contributed by atoms with Crippen molar-refractivity contribution in [2.45, 2.75) is 58.3 Å². The predicted molar refractivity (Wildman–Crippen MR) is 93.3 cm³/mol. The van der Waals surface area contributed by atoms with Crippen LogP contribution in [0.2, 0.25) is 0 Å². The summed E-state index contributed by atoms with van der Waals surface area (Å²) in [7, 11) is 0. The van der Waals surface area contributed by atoms with E-state index >= 15 is 0 Å². The van der Waals surface area contributed by atoms with Crippen molar-refractivity contribution >= 4 is 12.0 Å². The number of allylic oxidation sites excluding steroid dienone is 1. The number of aromatic hydroxyl groups is 2. The molecule has 0 unspecified atom stereocenters. The van der Waals surface area contributed by atoms with E-state index in [1.54, 1.807) is 0 Å². The molecule has 3 rings (SSSR count). The molecule has 130 valence electrons. The second kappa shape index (κ2) is 5.27. The van der Waals surface area contributed by atoms with Gasteiger partial charge in [0.2, 0.25) is 0 Å². The Morgan fingerprint density at radius 3 is 2.46 bits per heavy atom. The number of hydrogen-bond donors (Lipinski definition) is 3. The molecule has 1 saturated carbocycles. The van der Waals surface area contributed by atoms with Crippen molar-refractivity contribution in [1.82, 2.24) is 0 Å². The number of carboxylic acid groups (broad SMARTS) is 1. The molecule has 3 N–H and O–H groups in total. The van der Waals surface area contributed by atoms with Crippen molar-refractivity contribution in [3.8, 4) is 11.5 Å². The van der Waals surface area contributed by atoms with Crippen LogP contribution in [0, 0.1) is 11.3 Å². The minimum absolute atomic E-state index is 0.0379. The van der Waals surface area contributed by atoms with Gasteiger partial charge in [-0.3, -0.25) is 4.79 Å². The van der Waals surface area contributed by atoms with Crippen LogP contribution >= 0.6 is 0 Å². The van der Waals surface area contributed by atoms with Crippen LogP contribution in [0.1, 0.15) is 69.6 Å². The van der Waals surface area contributed by atoms with Gasteiger partial charge in [0.05, 0.1) is 0 Å². The van der Waals surface area contributed by atoms with Gasteiger partial charge in [-0.15, -0.1) is 0 Å². The summed E-state index contributed by atoms with van der Waals surface area (Å²) >= 11 is 0. The summed E-state index contributed by atoms with van der Waals surface area (Å²) in [6.07, 6.45) is 6.12. The van der Waals surface area contributed by atoms with Gasteiger partial charge in [0.15, 0.2) is 11.5 Å². The van der Waals surface area contributed by atoms with Crippen LogP contribution in [-0.2, 0) is 10.2 Å². The molecule has 0 aliphatic heterocycles. The molecule has 1 aromatic carbocycles. The molecule has 0 amide bonds. The fourth-order valence-corrected chi connectivity index (χ4v) is 4.79. The number of hydrogen-bond acceptors (Lipinski definition) is 3. The Kier molecular flexibility index (Phi) is 3.70. The van der Waals surface area contributed by atoms with Crippen molar-refractivity contribution in [3.63, 3.8) is 0 Å². The SMILES string of the molecule is CC(C)c1cc2c(c(O)c1O)[C@@]1(C(=O)O)CCCC(C)(C)[C@@H]1C=C2. The smallest absolute Gasteiger partial charge is 0.314 e. The van der Waals surface area contributed by atoms with Gasteiger partial charge in [0.25, 0.3) is 0 Å². The van der Waals surface area contributed by atoms with Crippen molar-refractivity contribution in [2.75, 3.05) is 0 Å². The Bertz CT molecular complexity index is 730. The first kappa shape index (κ1) is 16.9. The van der Waals surface area contributed by atoms with Gasteiger partial charge < -0.3 is 15.3 Å². The van der Waals surface area contributed by atoms with Crippen molar-refractivity contribution in [2.24, 2.45) is 11.3 Å². The summed E-state index contributed by atoms with van der Waals surface area (Å²) in [5, 5.41) is 31.4. The lowest BCUT2D eigenvalue weighted by atomic mass is 9.51. The quantitative estimate of drug-likeness (QED) is 0.703. The number of phenols is 2. The summed E-state index contributed by atoms with van der Waals surface area (Å²) in [5.41, 5.74) is 0.388. The predicted octanol–water partition coefficient (Wildman–Crippen LogP) is 4.40. The number of phenolic OH excluding ortho intramolecular Hbond substituents is 2. The highest BCUT2D eigenvalue weighted by Gasteiger charge is 2.57. The molecular weight excluding hydrogens is 304 g/mol. The lowest BCUT2D eigenvalue weighted by molar-refractivity contribution is -0.150. The highest BCUT2D eigenvalue weighted by atomic mass is 16.4. The number of rotatable bonds is 2. The number of benzene rings is 1. The first-order valence-electron chi connectivity index (χ1n) is 8.64. The fourth-order valence-electron chi connectivity index (χ4n) is 4.79. The zero-order valence-corrected chi connectivity index (χ0v) is 14.8. The Labute approximate surface area is 142 Å². The summed E-state index contributed by atoms with van der Waals surface area (Å²) in [6.45, 7) is 8.05. The van der Waals surface area contributed by atoms with E-state index in [9.17, 15) is 20.1 Å². The zero-order chi connectivity index (χ0) is 17.9. The summed E-state index contributed by atoms with van der Waals surface area (Å²) < 4.78 is 0. The van der Waals surface area contributed by atoms with Gasteiger partial charge >= 0.3 is 5.97 Å². The van der Waals surface area contributed by atoms with Crippen LogP contribution in [0.25, 0.3) is 6.08 Å². The maximum Gasteiger partial charge on any atom is 0.314 e. The highest BCUT2D eigenvalue weighted by Crippen LogP contribution is 2.59. The van der Waals surface area contributed by atoms with E-state index in [0.717, 1.165) is 12.8 Å². The van der Waals surface area contributed by atoms with E-state index in [1.165, 1.54) is 0 Å².